The zero-order valence-electron chi connectivity index (χ0n) is 13.8. The van der Waals surface area contributed by atoms with Crippen molar-refractivity contribution in [2.75, 3.05) is 0 Å². The second-order valence-electron chi connectivity index (χ2n) is 7.26. The third-order valence-corrected chi connectivity index (χ3v) is 3.83. The molecule has 0 aliphatic heterocycles. The summed E-state index contributed by atoms with van der Waals surface area (Å²) < 4.78 is 42.5. The van der Waals surface area contributed by atoms with Crippen LogP contribution in [-0.4, -0.2) is 28.8 Å². The summed E-state index contributed by atoms with van der Waals surface area (Å²) in [4.78, 5) is 23.7. The van der Waals surface area contributed by atoms with E-state index in [0.717, 1.165) is 12.8 Å². The van der Waals surface area contributed by atoms with E-state index < -0.39 is 48.4 Å². The van der Waals surface area contributed by atoms with E-state index in [9.17, 15) is 27.9 Å². The lowest BCUT2D eigenvalue weighted by molar-refractivity contribution is -0.170. The van der Waals surface area contributed by atoms with Crippen molar-refractivity contribution < 1.29 is 32.6 Å². The molecule has 0 radical (unpaired) electrons. The molecule has 4 nitrogen and oxygen atoms in total. The van der Waals surface area contributed by atoms with Crippen LogP contribution in [0, 0.1) is 17.8 Å². The average Bonchev–Trinajstić information content (AvgIpc) is 3.12. The van der Waals surface area contributed by atoms with E-state index in [4.69, 9.17) is 4.74 Å². The molecule has 23 heavy (non-hydrogen) atoms. The van der Waals surface area contributed by atoms with Gasteiger partial charge < -0.3 is 9.84 Å². The van der Waals surface area contributed by atoms with Gasteiger partial charge in [-0.15, -0.1) is 0 Å². The molecule has 0 heterocycles. The van der Waals surface area contributed by atoms with Gasteiger partial charge in [0.1, 0.15) is 5.60 Å². The van der Waals surface area contributed by atoms with Crippen LogP contribution < -0.4 is 0 Å². The lowest BCUT2D eigenvalue weighted by Crippen LogP contribution is -2.36. The molecule has 7 heteroatoms. The summed E-state index contributed by atoms with van der Waals surface area (Å²) in [6.07, 6.45) is -3.29. The van der Waals surface area contributed by atoms with E-state index >= 15 is 0 Å². The highest BCUT2D eigenvalue weighted by atomic mass is 19.4. The van der Waals surface area contributed by atoms with E-state index in [-0.39, 0.29) is 6.42 Å². The maximum absolute atomic E-state index is 12.4. The van der Waals surface area contributed by atoms with E-state index in [1.54, 1.807) is 20.8 Å². The van der Waals surface area contributed by atoms with Gasteiger partial charge in [-0.3, -0.25) is 9.59 Å². The fourth-order valence-electron chi connectivity index (χ4n) is 2.50. The third-order valence-electron chi connectivity index (χ3n) is 3.83. The summed E-state index contributed by atoms with van der Waals surface area (Å²) in [6.45, 7) is 4.94. The number of ether oxygens (including phenoxy) is 1. The Kier molecular flexibility index (Phi) is 6.48. The third kappa shape index (κ3) is 8.23. The average molecular weight is 338 g/mol. The van der Waals surface area contributed by atoms with Crippen molar-refractivity contribution in [3.63, 3.8) is 0 Å². The van der Waals surface area contributed by atoms with Crippen molar-refractivity contribution in [2.45, 2.75) is 71.1 Å². The monoisotopic (exact) mass is 338 g/mol. The molecule has 0 amide bonds. The fourth-order valence-corrected chi connectivity index (χ4v) is 2.50. The molecule has 134 valence electrons. The van der Waals surface area contributed by atoms with Crippen LogP contribution in [0.5, 0.6) is 0 Å². The normalized spacial score (nSPS) is 18.3. The van der Waals surface area contributed by atoms with Crippen LogP contribution >= 0.6 is 0 Å². The Bertz CT molecular complexity index is 422. The Labute approximate surface area is 134 Å². The second-order valence-corrected chi connectivity index (χ2v) is 7.26. The minimum atomic E-state index is -4.44. The first-order chi connectivity index (χ1) is 10.4. The summed E-state index contributed by atoms with van der Waals surface area (Å²) in [5.74, 6) is -4.04. The molecule has 0 aromatic rings. The predicted molar refractivity (Wildman–Crippen MR) is 77.7 cm³/mol. The quantitative estimate of drug-likeness (QED) is 0.675. The molecular formula is C16H25F3O4. The van der Waals surface area contributed by atoms with E-state index in [2.05, 4.69) is 0 Å². The van der Waals surface area contributed by atoms with Crippen molar-refractivity contribution in [2.24, 2.45) is 17.8 Å². The lowest BCUT2D eigenvalue weighted by atomic mass is 9.84. The molecule has 1 rings (SSSR count). The zero-order chi connectivity index (χ0) is 17.8. The fraction of sp³-hybridized carbons (Fsp3) is 0.875. The Morgan fingerprint density at radius 1 is 1.13 bits per heavy atom. The van der Waals surface area contributed by atoms with Crippen LogP contribution in [0.25, 0.3) is 0 Å². The maximum atomic E-state index is 12.4. The summed E-state index contributed by atoms with van der Waals surface area (Å²) in [5, 5.41) is 9.29. The van der Waals surface area contributed by atoms with Gasteiger partial charge in [-0.25, -0.2) is 0 Å². The van der Waals surface area contributed by atoms with Gasteiger partial charge in [0, 0.05) is 6.42 Å². The van der Waals surface area contributed by atoms with E-state index in [1.165, 1.54) is 0 Å². The first-order valence-corrected chi connectivity index (χ1v) is 7.91. The van der Waals surface area contributed by atoms with Crippen molar-refractivity contribution in [1.82, 2.24) is 0 Å². The van der Waals surface area contributed by atoms with Gasteiger partial charge in [0.25, 0.3) is 0 Å². The minimum Gasteiger partial charge on any atom is -0.481 e. The smallest absolute Gasteiger partial charge is 0.389 e. The Morgan fingerprint density at radius 3 is 2.09 bits per heavy atom. The zero-order valence-corrected chi connectivity index (χ0v) is 13.8. The summed E-state index contributed by atoms with van der Waals surface area (Å²) >= 11 is 0. The molecule has 1 saturated carbocycles. The van der Waals surface area contributed by atoms with Gasteiger partial charge in [-0.2, -0.15) is 13.2 Å². The SMILES string of the molecule is CC(C)(C)OC(=O)[C@H](CCC1CC1)[C@@H](CCC(F)(F)F)C(=O)O. The van der Waals surface area contributed by atoms with E-state index in [1.807, 2.05) is 0 Å². The van der Waals surface area contributed by atoms with Crippen LogP contribution in [0.4, 0.5) is 13.2 Å². The number of rotatable bonds is 8. The number of halogens is 3. The molecule has 1 N–H and O–H groups in total. The molecule has 0 aromatic heterocycles. The Balaban J connectivity index is 2.82. The molecule has 1 fully saturated rings. The van der Waals surface area contributed by atoms with Gasteiger partial charge >= 0.3 is 18.1 Å². The highest BCUT2D eigenvalue weighted by Crippen LogP contribution is 2.38. The molecule has 1 aliphatic carbocycles. The van der Waals surface area contributed by atoms with Crippen LogP contribution in [0.15, 0.2) is 0 Å². The van der Waals surface area contributed by atoms with Crippen molar-refractivity contribution >= 4 is 11.9 Å². The first-order valence-electron chi connectivity index (χ1n) is 7.91. The number of carboxylic acid groups (broad SMARTS) is 1. The number of carbonyl (C=O) groups is 2. The van der Waals surface area contributed by atoms with Gasteiger partial charge in [-0.05, 0) is 46.0 Å². The van der Waals surface area contributed by atoms with Gasteiger partial charge in [0.15, 0.2) is 0 Å². The molecule has 0 bridgehead atoms. The van der Waals surface area contributed by atoms with Crippen LogP contribution in [0.1, 0.15) is 59.3 Å². The van der Waals surface area contributed by atoms with Gasteiger partial charge in [0.05, 0.1) is 11.8 Å². The van der Waals surface area contributed by atoms with Gasteiger partial charge in [0.2, 0.25) is 0 Å². The lowest BCUT2D eigenvalue weighted by Gasteiger charge is -2.27. The predicted octanol–water partition coefficient (Wildman–Crippen LogP) is 4.18. The highest BCUT2D eigenvalue weighted by Gasteiger charge is 2.40. The number of esters is 1. The summed E-state index contributed by atoms with van der Waals surface area (Å²) in [7, 11) is 0. The molecule has 0 aromatic carbocycles. The molecule has 0 saturated heterocycles. The molecule has 0 spiro atoms. The number of hydrogen-bond acceptors (Lipinski definition) is 3. The Hall–Kier alpha value is -1.27. The standard InChI is InChI=1S/C16H25F3O4/c1-15(2,3)23-14(22)12(7-6-10-4-5-10)11(13(20)21)8-9-16(17,18)19/h10-12H,4-9H2,1-3H3,(H,20,21)/t11-,12-/m1/s1. The maximum Gasteiger partial charge on any atom is 0.389 e. The molecule has 0 unspecified atom stereocenters. The first kappa shape index (κ1) is 19.8. The largest absolute Gasteiger partial charge is 0.481 e. The van der Waals surface area contributed by atoms with Crippen LogP contribution in [0.2, 0.25) is 0 Å². The minimum absolute atomic E-state index is 0.258. The molecule has 2 atom stereocenters. The van der Waals surface area contributed by atoms with Crippen molar-refractivity contribution in [3.05, 3.63) is 0 Å². The number of carbonyl (C=O) groups excluding carboxylic acids is 1. The number of carboxylic acids is 1. The van der Waals surface area contributed by atoms with E-state index in [0.29, 0.717) is 12.3 Å². The van der Waals surface area contributed by atoms with Crippen LogP contribution in [-0.2, 0) is 14.3 Å². The number of alkyl halides is 3. The van der Waals surface area contributed by atoms with Crippen molar-refractivity contribution in [1.29, 1.82) is 0 Å². The molecule has 1 aliphatic rings. The Morgan fingerprint density at radius 2 is 1.70 bits per heavy atom. The number of hydrogen-bond donors (Lipinski definition) is 1. The highest BCUT2D eigenvalue weighted by molar-refractivity contribution is 5.81. The number of aliphatic carboxylic acids is 1. The summed E-state index contributed by atoms with van der Waals surface area (Å²) in [6, 6.07) is 0. The van der Waals surface area contributed by atoms with Crippen molar-refractivity contribution in [3.8, 4) is 0 Å². The van der Waals surface area contributed by atoms with Gasteiger partial charge in [-0.1, -0.05) is 12.8 Å². The van der Waals surface area contributed by atoms with Crippen LogP contribution in [0.3, 0.4) is 0 Å². The second kappa shape index (κ2) is 7.53. The summed E-state index contributed by atoms with van der Waals surface area (Å²) in [5.41, 5.74) is -0.804. The molecular weight excluding hydrogens is 313 g/mol. The topological polar surface area (TPSA) is 63.6 Å².